The molecule has 2 rings (SSSR count). The molecular formula is C9H12ClFIN3O4. The molecule has 1 saturated heterocycles. The number of aromatic nitrogens is 2. The molecule has 1 aliphatic rings. The van der Waals surface area contributed by atoms with Gasteiger partial charge in [-0.05, 0) is 22.6 Å². The summed E-state index contributed by atoms with van der Waals surface area (Å²) in [5.74, 6) is 0.0458. The highest BCUT2D eigenvalue weighted by atomic mass is 127. The maximum Gasteiger partial charge on any atom is 0.351 e. The molecule has 0 spiro atoms. The van der Waals surface area contributed by atoms with E-state index >= 15 is 0 Å². The Bertz CT molecular complexity index is 517. The Morgan fingerprint density at radius 3 is 2.79 bits per heavy atom. The normalized spacial score (nSPS) is 30.1. The summed E-state index contributed by atoms with van der Waals surface area (Å²) in [5, 5.41) is 18.4. The molecule has 4 atom stereocenters. The molecule has 0 bridgehead atoms. The molecular weight excluding hydrogens is 395 g/mol. The molecule has 0 aromatic carbocycles. The van der Waals surface area contributed by atoms with Crippen LogP contribution >= 0.6 is 35.0 Å². The van der Waals surface area contributed by atoms with Crippen molar-refractivity contribution in [2.24, 2.45) is 0 Å². The lowest BCUT2D eigenvalue weighted by molar-refractivity contribution is -0.0491. The summed E-state index contributed by atoms with van der Waals surface area (Å²) in [4.78, 5) is 15.1. The van der Waals surface area contributed by atoms with Crippen molar-refractivity contribution in [1.29, 1.82) is 0 Å². The van der Waals surface area contributed by atoms with E-state index in [0.717, 1.165) is 4.57 Å². The summed E-state index contributed by atoms with van der Waals surface area (Å²) >= 11 is 1.84. The average molecular weight is 408 g/mol. The summed E-state index contributed by atoms with van der Waals surface area (Å²) < 4.78 is 20.3. The van der Waals surface area contributed by atoms with Gasteiger partial charge in [0.15, 0.2) is 12.4 Å². The van der Waals surface area contributed by atoms with Gasteiger partial charge in [0, 0.05) is 6.20 Å². The number of anilines is 1. The third-order valence-corrected chi connectivity index (χ3v) is 3.51. The number of hydrogen-bond acceptors (Lipinski definition) is 6. The van der Waals surface area contributed by atoms with Crippen LogP contribution in [0.1, 0.15) is 6.23 Å². The van der Waals surface area contributed by atoms with Gasteiger partial charge in [-0.25, -0.2) is 9.18 Å². The van der Waals surface area contributed by atoms with E-state index in [2.05, 4.69) is 4.98 Å². The van der Waals surface area contributed by atoms with Gasteiger partial charge in [0.2, 0.25) is 0 Å². The zero-order valence-corrected chi connectivity index (χ0v) is 12.4. The zero-order chi connectivity index (χ0) is 13.4. The number of nitrogens with two attached hydrogens (primary N) is 1. The molecule has 1 aromatic heterocycles. The van der Waals surface area contributed by atoms with Crippen LogP contribution in [0, 0.1) is 3.57 Å². The van der Waals surface area contributed by atoms with E-state index in [1.165, 1.54) is 6.20 Å². The standard InChI is InChI=1S/C9H11FIN3O4.ClH/c10-5-6(16)4(2-15)18-8(5)14-1-3(11)7(12)13-9(14)17;/h1,4-6,8,15-16H,2H2,(H2,12,13,17);1H/t4-,5-,6-,8-;/m1./s1. The van der Waals surface area contributed by atoms with Gasteiger partial charge in [-0.2, -0.15) is 4.98 Å². The van der Waals surface area contributed by atoms with E-state index < -0.39 is 36.9 Å². The van der Waals surface area contributed by atoms with Crippen molar-refractivity contribution in [3.63, 3.8) is 0 Å². The number of aliphatic hydroxyl groups is 2. The molecule has 19 heavy (non-hydrogen) atoms. The largest absolute Gasteiger partial charge is 0.394 e. The third kappa shape index (κ3) is 2.99. The lowest BCUT2D eigenvalue weighted by atomic mass is 10.1. The topological polar surface area (TPSA) is 111 Å². The van der Waals surface area contributed by atoms with Gasteiger partial charge in [-0.1, -0.05) is 0 Å². The minimum absolute atomic E-state index is 0. The Kier molecular flexibility index (Phi) is 5.50. The van der Waals surface area contributed by atoms with E-state index in [9.17, 15) is 14.3 Å². The average Bonchev–Trinajstić information content (AvgIpc) is 2.61. The molecule has 1 aliphatic heterocycles. The van der Waals surface area contributed by atoms with E-state index in [4.69, 9.17) is 15.6 Å². The van der Waals surface area contributed by atoms with Crippen molar-refractivity contribution >= 4 is 40.8 Å². The van der Waals surface area contributed by atoms with Gasteiger partial charge in [-0.15, -0.1) is 12.4 Å². The van der Waals surface area contributed by atoms with Crippen molar-refractivity contribution in [3.05, 3.63) is 20.3 Å². The Balaban J connectivity index is 0.00000180. The first kappa shape index (κ1) is 16.6. The molecule has 0 saturated carbocycles. The van der Waals surface area contributed by atoms with E-state index in [1.807, 2.05) is 22.6 Å². The number of halogens is 3. The number of rotatable bonds is 2. The highest BCUT2D eigenvalue weighted by Gasteiger charge is 2.45. The highest BCUT2D eigenvalue weighted by Crippen LogP contribution is 2.31. The zero-order valence-electron chi connectivity index (χ0n) is 9.44. The van der Waals surface area contributed by atoms with Crippen molar-refractivity contribution in [2.45, 2.75) is 24.6 Å². The van der Waals surface area contributed by atoms with Crippen LogP contribution in [0.3, 0.4) is 0 Å². The molecule has 4 N–H and O–H groups in total. The maximum absolute atomic E-state index is 13.8. The van der Waals surface area contributed by atoms with Crippen LogP contribution in [0.4, 0.5) is 10.2 Å². The van der Waals surface area contributed by atoms with Crippen LogP contribution in [0.25, 0.3) is 0 Å². The molecule has 108 valence electrons. The Morgan fingerprint density at radius 2 is 2.26 bits per heavy atom. The Hall–Kier alpha value is -0.490. The van der Waals surface area contributed by atoms with Gasteiger partial charge in [0.25, 0.3) is 0 Å². The quantitative estimate of drug-likeness (QED) is 0.567. The van der Waals surface area contributed by atoms with Crippen LogP contribution in [0.15, 0.2) is 11.0 Å². The first-order valence-electron chi connectivity index (χ1n) is 5.08. The van der Waals surface area contributed by atoms with Crippen molar-refractivity contribution in [2.75, 3.05) is 12.3 Å². The predicted octanol–water partition coefficient (Wildman–Crippen LogP) is -0.559. The number of aliphatic hydroxyl groups excluding tert-OH is 2. The van der Waals surface area contributed by atoms with E-state index in [1.54, 1.807) is 0 Å². The molecule has 2 heterocycles. The lowest BCUT2D eigenvalue weighted by Gasteiger charge is -2.16. The highest BCUT2D eigenvalue weighted by molar-refractivity contribution is 14.1. The van der Waals surface area contributed by atoms with Gasteiger partial charge in [-0.3, -0.25) is 4.57 Å². The lowest BCUT2D eigenvalue weighted by Crippen LogP contribution is -2.34. The van der Waals surface area contributed by atoms with Crippen LogP contribution in [-0.4, -0.2) is 44.8 Å². The maximum atomic E-state index is 13.8. The van der Waals surface area contributed by atoms with Gasteiger partial charge >= 0.3 is 5.69 Å². The molecule has 0 unspecified atom stereocenters. The number of nitrogens with zero attached hydrogens (tertiary/aromatic N) is 2. The molecule has 0 aliphatic carbocycles. The summed E-state index contributed by atoms with van der Waals surface area (Å²) in [6.07, 6.45) is -4.38. The first-order valence-corrected chi connectivity index (χ1v) is 6.16. The Morgan fingerprint density at radius 1 is 1.63 bits per heavy atom. The Labute approximate surface area is 127 Å². The van der Waals surface area contributed by atoms with Crippen LogP contribution in [0.2, 0.25) is 0 Å². The first-order chi connectivity index (χ1) is 8.45. The van der Waals surface area contributed by atoms with Crippen LogP contribution < -0.4 is 11.4 Å². The van der Waals surface area contributed by atoms with Gasteiger partial charge in [0.05, 0.1) is 10.2 Å². The van der Waals surface area contributed by atoms with E-state index in [-0.39, 0.29) is 18.2 Å². The SMILES string of the molecule is Cl.Nc1nc(=O)n([C@@H]2O[C@H](CO)[C@@H](O)[C@H]2F)cc1I. The predicted molar refractivity (Wildman–Crippen MR) is 74.8 cm³/mol. The summed E-state index contributed by atoms with van der Waals surface area (Å²) in [6, 6.07) is 0. The molecule has 0 radical (unpaired) electrons. The van der Waals surface area contributed by atoms with Gasteiger partial charge in [0.1, 0.15) is 18.0 Å². The molecule has 1 aromatic rings. The minimum atomic E-state index is -1.82. The number of ether oxygens (including phenoxy) is 1. The monoisotopic (exact) mass is 407 g/mol. The number of alkyl halides is 1. The van der Waals surface area contributed by atoms with E-state index in [0.29, 0.717) is 3.57 Å². The third-order valence-electron chi connectivity index (χ3n) is 2.68. The van der Waals surface area contributed by atoms with Crippen molar-refractivity contribution in [3.8, 4) is 0 Å². The minimum Gasteiger partial charge on any atom is -0.394 e. The second-order valence-electron chi connectivity index (χ2n) is 3.85. The fourth-order valence-electron chi connectivity index (χ4n) is 1.72. The fourth-order valence-corrected chi connectivity index (χ4v) is 2.14. The molecule has 1 fully saturated rings. The van der Waals surface area contributed by atoms with Crippen LogP contribution in [0.5, 0.6) is 0 Å². The summed E-state index contributed by atoms with van der Waals surface area (Å²) in [5.41, 5.74) is 4.68. The fraction of sp³-hybridized carbons (Fsp3) is 0.556. The smallest absolute Gasteiger partial charge is 0.351 e. The van der Waals surface area contributed by atoms with Crippen LogP contribution in [-0.2, 0) is 4.74 Å². The molecule has 0 amide bonds. The number of nitrogen functional groups attached to an aromatic ring is 1. The van der Waals surface area contributed by atoms with Crippen molar-refractivity contribution < 1.29 is 19.3 Å². The molecule has 10 heteroatoms. The molecule has 7 nitrogen and oxygen atoms in total. The second-order valence-corrected chi connectivity index (χ2v) is 5.01. The van der Waals surface area contributed by atoms with Crippen molar-refractivity contribution in [1.82, 2.24) is 9.55 Å². The summed E-state index contributed by atoms with van der Waals surface area (Å²) in [6.45, 7) is -0.535. The summed E-state index contributed by atoms with van der Waals surface area (Å²) in [7, 11) is 0. The van der Waals surface area contributed by atoms with Gasteiger partial charge < -0.3 is 20.7 Å². The second kappa shape index (κ2) is 6.31. The number of hydrogen-bond donors (Lipinski definition) is 3.